The van der Waals surface area contributed by atoms with Crippen molar-refractivity contribution < 1.29 is 24.2 Å². The maximum atomic E-state index is 12.1. The molecule has 3 rings (SSSR count). The van der Waals surface area contributed by atoms with Crippen LogP contribution in [-0.2, 0) is 16.0 Å². The Morgan fingerprint density at radius 3 is 2.59 bits per heavy atom. The fourth-order valence-corrected chi connectivity index (χ4v) is 4.56. The second-order valence-corrected chi connectivity index (χ2v) is 7.87. The first kappa shape index (κ1) is 21.0. The molecular weight excluding hydrogens is 390 g/mol. The highest BCUT2D eigenvalue weighted by molar-refractivity contribution is 8.02. The molecule has 0 radical (unpaired) electrons. The molecule has 1 atom stereocenters. The summed E-state index contributed by atoms with van der Waals surface area (Å²) >= 11 is 1.59. The number of aromatic hydroxyl groups is 1. The number of amides is 1. The van der Waals surface area contributed by atoms with Gasteiger partial charge in [-0.15, -0.1) is 11.8 Å². The highest BCUT2D eigenvalue weighted by atomic mass is 32.2. The quantitative estimate of drug-likeness (QED) is 0.717. The molecule has 0 fully saturated rings. The lowest BCUT2D eigenvalue weighted by Gasteiger charge is -2.23. The van der Waals surface area contributed by atoms with Gasteiger partial charge in [-0.3, -0.25) is 9.59 Å². The summed E-state index contributed by atoms with van der Waals surface area (Å²) in [4.78, 5) is 25.0. The predicted octanol–water partition coefficient (Wildman–Crippen LogP) is 3.39. The van der Waals surface area contributed by atoms with Gasteiger partial charge in [0.25, 0.3) is 0 Å². The van der Waals surface area contributed by atoms with Gasteiger partial charge >= 0.3 is 0 Å². The molecule has 29 heavy (non-hydrogen) atoms. The molecule has 154 valence electrons. The van der Waals surface area contributed by atoms with E-state index in [2.05, 4.69) is 5.32 Å². The van der Waals surface area contributed by atoms with Crippen LogP contribution in [0.15, 0.2) is 34.3 Å². The summed E-state index contributed by atoms with van der Waals surface area (Å²) in [5, 5.41) is 13.4. The SMILES string of the molecule is COc1c(O)cc2c(c1OC)C1=CC=C(SC)CC(C=O)=C1C(NC(C)=O)CC2. The maximum Gasteiger partial charge on any atom is 0.217 e. The zero-order valence-corrected chi connectivity index (χ0v) is 17.8. The average molecular weight is 416 g/mol. The van der Waals surface area contributed by atoms with Crippen molar-refractivity contribution in [2.24, 2.45) is 0 Å². The third kappa shape index (κ3) is 3.92. The Hall–Kier alpha value is -2.67. The minimum absolute atomic E-state index is 0.00298. The molecule has 0 aliphatic heterocycles. The van der Waals surface area contributed by atoms with Crippen molar-refractivity contribution in [3.8, 4) is 17.2 Å². The number of phenolic OH excluding ortho intramolecular Hbond substituents is 1. The van der Waals surface area contributed by atoms with E-state index >= 15 is 0 Å². The van der Waals surface area contributed by atoms with Crippen LogP contribution in [0.5, 0.6) is 17.2 Å². The van der Waals surface area contributed by atoms with Crippen molar-refractivity contribution in [3.63, 3.8) is 0 Å². The number of methoxy groups -OCH3 is 2. The number of thioether (sulfide) groups is 1. The molecule has 0 saturated heterocycles. The fourth-order valence-electron chi connectivity index (χ4n) is 4.05. The summed E-state index contributed by atoms with van der Waals surface area (Å²) in [5.41, 5.74) is 3.89. The Kier molecular flexibility index (Phi) is 6.37. The van der Waals surface area contributed by atoms with Crippen LogP contribution < -0.4 is 14.8 Å². The van der Waals surface area contributed by atoms with E-state index in [1.54, 1.807) is 17.8 Å². The number of ether oxygens (including phenoxy) is 2. The van der Waals surface area contributed by atoms with Gasteiger partial charge in [-0.2, -0.15) is 0 Å². The zero-order valence-electron chi connectivity index (χ0n) is 17.0. The minimum Gasteiger partial charge on any atom is -0.504 e. The topological polar surface area (TPSA) is 84.9 Å². The molecule has 0 heterocycles. The van der Waals surface area contributed by atoms with E-state index in [1.807, 2.05) is 18.4 Å². The van der Waals surface area contributed by atoms with Crippen molar-refractivity contribution in [3.05, 3.63) is 45.4 Å². The fraction of sp³-hybridized carbons (Fsp3) is 0.364. The number of rotatable bonds is 5. The molecule has 1 aromatic carbocycles. The summed E-state index contributed by atoms with van der Waals surface area (Å²) < 4.78 is 11.0. The third-order valence-electron chi connectivity index (χ3n) is 5.25. The van der Waals surface area contributed by atoms with Crippen molar-refractivity contribution in [1.82, 2.24) is 5.32 Å². The van der Waals surface area contributed by atoms with Gasteiger partial charge in [0.15, 0.2) is 11.5 Å². The number of hydrogen-bond acceptors (Lipinski definition) is 6. The molecule has 2 aliphatic rings. The first-order valence-corrected chi connectivity index (χ1v) is 10.5. The van der Waals surface area contributed by atoms with Crippen LogP contribution in [0.1, 0.15) is 30.9 Å². The van der Waals surface area contributed by atoms with Crippen LogP contribution in [0.4, 0.5) is 0 Å². The van der Waals surface area contributed by atoms with Crippen molar-refractivity contribution in [1.29, 1.82) is 0 Å². The van der Waals surface area contributed by atoms with Gasteiger partial charge in [0.05, 0.1) is 20.3 Å². The van der Waals surface area contributed by atoms with Crippen molar-refractivity contribution >= 4 is 29.5 Å². The van der Waals surface area contributed by atoms with E-state index in [1.165, 1.54) is 21.1 Å². The lowest BCUT2D eigenvalue weighted by atomic mass is 9.88. The number of aryl methyl sites for hydroxylation is 1. The monoisotopic (exact) mass is 415 g/mol. The first-order valence-electron chi connectivity index (χ1n) is 9.32. The standard InChI is InChI=1S/C22H25NO5S/c1-12(25)23-17-8-5-13-10-18(26)21(27-2)22(28-3)20(13)16-7-6-15(29-4)9-14(11-24)19(16)17/h6-7,10-11,17,26H,5,8-9H2,1-4H3,(H,23,25). The number of aldehydes is 1. The summed E-state index contributed by atoms with van der Waals surface area (Å²) in [7, 11) is 3.00. The minimum atomic E-state index is -0.321. The molecule has 0 saturated carbocycles. The molecule has 0 aromatic heterocycles. The van der Waals surface area contributed by atoms with Gasteiger partial charge in [0, 0.05) is 24.5 Å². The van der Waals surface area contributed by atoms with Gasteiger partial charge in [-0.1, -0.05) is 12.2 Å². The molecule has 1 unspecified atom stereocenters. The zero-order chi connectivity index (χ0) is 21.1. The van der Waals surface area contributed by atoms with Gasteiger partial charge in [0.2, 0.25) is 11.7 Å². The normalized spacial score (nSPS) is 18.4. The summed E-state index contributed by atoms with van der Waals surface area (Å²) in [6.45, 7) is 1.47. The van der Waals surface area contributed by atoms with E-state index < -0.39 is 0 Å². The second-order valence-electron chi connectivity index (χ2n) is 6.94. The second kappa shape index (κ2) is 8.78. The maximum absolute atomic E-state index is 12.1. The highest BCUT2D eigenvalue weighted by Crippen LogP contribution is 2.49. The molecule has 7 heteroatoms. The molecule has 1 aromatic rings. The molecule has 0 bridgehead atoms. The Labute approximate surface area is 174 Å². The first-order chi connectivity index (χ1) is 13.9. The Bertz CT molecular complexity index is 945. The summed E-state index contributed by atoms with van der Waals surface area (Å²) in [6, 6.07) is 1.36. The number of carbonyl (C=O) groups is 2. The van der Waals surface area contributed by atoms with E-state index in [4.69, 9.17) is 9.47 Å². The van der Waals surface area contributed by atoms with Gasteiger partial charge in [0.1, 0.15) is 6.29 Å². The number of fused-ring (bicyclic) bond motifs is 3. The van der Waals surface area contributed by atoms with Crippen LogP contribution in [-0.4, -0.2) is 43.8 Å². The lowest BCUT2D eigenvalue weighted by Crippen LogP contribution is -2.35. The van der Waals surface area contributed by atoms with Crippen LogP contribution >= 0.6 is 11.8 Å². The largest absolute Gasteiger partial charge is 0.504 e. The Morgan fingerprint density at radius 2 is 2.00 bits per heavy atom. The Morgan fingerprint density at radius 1 is 1.28 bits per heavy atom. The molecule has 6 nitrogen and oxygen atoms in total. The number of benzene rings is 1. The van der Waals surface area contributed by atoms with E-state index in [0.717, 1.165) is 33.5 Å². The van der Waals surface area contributed by atoms with Gasteiger partial charge < -0.3 is 19.9 Å². The third-order valence-corrected chi connectivity index (χ3v) is 6.05. The molecular formula is C22H25NO5S. The molecule has 2 aliphatic carbocycles. The smallest absolute Gasteiger partial charge is 0.217 e. The molecule has 0 spiro atoms. The van der Waals surface area contributed by atoms with Crippen LogP contribution in [0.25, 0.3) is 5.57 Å². The van der Waals surface area contributed by atoms with E-state index in [9.17, 15) is 14.7 Å². The number of nitrogens with one attached hydrogen (secondary N) is 1. The summed E-state index contributed by atoms with van der Waals surface area (Å²) in [5.74, 6) is 0.501. The van der Waals surface area contributed by atoms with Crippen LogP contribution in [0.3, 0.4) is 0 Å². The number of phenols is 1. The Balaban J connectivity index is 2.37. The van der Waals surface area contributed by atoms with Crippen LogP contribution in [0.2, 0.25) is 0 Å². The summed E-state index contributed by atoms with van der Waals surface area (Å²) in [6.07, 6.45) is 8.51. The van der Waals surface area contributed by atoms with E-state index in [0.29, 0.717) is 30.6 Å². The highest BCUT2D eigenvalue weighted by Gasteiger charge is 2.33. The predicted molar refractivity (Wildman–Crippen MR) is 114 cm³/mol. The van der Waals surface area contributed by atoms with Crippen molar-refractivity contribution in [2.45, 2.75) is 32.2 Å². The average Bonchev–Trinajstić information content (AvgIpc) is 2.97. The van der Waals surface area contributed by atoms with Crippen molar-refractivity contribution in [2.75, 3.05) is 20.5 Å². The van der Waals surface area contributed by atoms with Gasteiger partial charge in [-0.05, 0) is 46.8 Å². The number of carbonyl (C=O) groups excluding carboxylic acids is 2. The molecule has 2 N–H and O–H groups in total. The number of allylic oxidation sites excluding steroid dienone is 4. The number of hydrogen-bond donors (Lipinski definition) is 2. The van der Waals surface area contributed by atoms with E-state index in [-0.39, 0.29) is 23.4 Å². The molecule has 1 amide bonds. The van der Waals surface area contributed by atoms with Crippen LogP contribution in [0, 0.1) is 0 Å². The van der Waals surface area contributed by atoms with Gasteiger partial charge in [-0.25, -0.2) is 0 Å². The lowest BCUT2D eigenvalue weighted by molar-refractivity contribution is -0.119.